The van der Waals surface area contributed by atoms with Crippen LogP contribution in [0.5, 0.6) is 0 Å². The van der Waals surface area contributed by atoms with Crippen LogP contribution in [-0.4, -0.2) is 36.7 Å². The lowest BCUT2D eigenvalue weighted by atomic mass is 10.1. The fourth-order valence-corrected chi connectivity index (χ4v) is 2.52. The molecule has 0 bridgehead atoms. The standard InChI is InChI=1S/C23H39NO4/c1-2-3-4-5-6-7-8-9-10-11-12-13-14-15-16-17-23(27)28-21-20-24-19-18-22(25)26/h3-4,6-7,9-10,24H,2,5,8,11-21H2,1H3,(H,25,26)/b4-3-,7-6-,10-9-. The summed E-state index contributed by atoms with van der Waals surface area (Å²) in [5.74, 6) is -0.995. The van der Waals surface area contributed by atoms with E-state index in [2.05, 4.69) is 48.7 Å². The van der Waals surface area contributed by atoms with Crippen molar-refractivity contribution in [3.8, 4) is 0 Å². The number of carboxylic acids is 1. The predicted octanol–water partition coefficient (Wildman–Crippen LogP) is 5.18. The molecule has 0 amide bonds. The molecule has 0 radical (unpaired) electrons. The molecule has 0 spiro atoms. The number of nitrogens with one attached hydrogen (secondary N) is 1. The van der Waals surface area contributed by atoms with Gasteiger partial charge in [0.05, 0.1) is 6.42 Å². The Labute approximate surface area is 170 Å². The molecule has 0 unspecified atom stereocenters. The van der Waals surface area contributed by atoms with Crippen molar-refractivity contribution in [2.75, 3.05) is 19.7 Å². The summed E-state index contributed by atoms with van der Waals surface area (Å²) in [5, 5.41) is 11.4. The highest BCUT2D eigenvalue weighted by Gasteiger charge is 2.02. The van der Waals surface area contributed by atoms with Crippen LogP contribution >= 0.6 is 0 Å². The van der Waals surface area contributed by atoms with E-state index in [-0.39, 0.29) is 12.4 Å². The highest BCUT2D eigenvalue weighted by Crippen LogP contribution is 2.08. The van der Waals surface area contributed by atoms with Crippen LogP contribution in [0.2, 0.25) is 0 Å². The lowest BCUT2D eigenvalue weighted by Gasteiger charge is -2.05. The first-order valence-corrected chi connectivity index (χ1v) is 10.7. The van der Waals surface area contributed by atoms with Crippen LogP contribution in [-0.2, 0) is 14.3 Å². The Hall–Kier alpha value is -1.88. The second-order valence-corrected chi connectivity index (χ2v) is 6.71. The summed E-state index contributed by atoms with van der Waals surface area (Å²) in [6.07, 6.45) is 23.6. The minimum atomic E-state index is -0.830. The van der Waals surface area contributed by atoms with Gasteiger partial charge in [-0.05, 0) is 38.5 Å². The van der Waals surface area contributed by atoms with Gasteiger partial charge in [0.15, 0.2) is 0 Å². The highest BCUT2D eigenvalue weighted by molar-refractivity contribution is 5.69. The van der Waals surface area contributed by atoms with Crippen LogP contribution in [0.25, 0.3) is 0 Å². The maximum atomic E-state index is 11.6. The van der Waals surface area contributed by atoms with Crippen LogP contribution in [0.1, 0.15) is 77.6 Å². The van der Waals surface area contributed by atoms with Crippen LogP contribution in [0.15, 0.2) is 36.5 Å². The summed E-state index contributed by atoms with van der Waals surface area (Å²) in [7, 11) is 0. The van der Waals surface area contributed by atoms with Gasteiger partial charge >= 0.3 is 11.9 Å². The molecule has 160 valence electrons. The largest absolute Gasteiger partial charge is 0.481 e. The SMILES string of the molecule is CC/C=C\C/C=C\C/C=C\CCCCCCCC(=O)OCCNCCC(=O)O. The van der Waals surface area contributed by atoms with E-state index in [4.69, 9.17) is 9.84 Å². The van der Waals surface area contributed by atoms with E-state index in [1.807, 2.05) is 0 Å². The molecule has 0 saturated heterocycles. The number of hydrogen-bond donors (Lipinski definition) is 2. The van der Waals surface area contributed by atoms with Crippen LogP contribution in [0, 0.1) is 0 Å². The first-order valence-electron chi connectivity index (χ1n) is 10.7. The molecule has 0 aromatic carbocycles. The van der Waals surface area contributed by atoms with Crippen molar-refractivity contribution in [2.24, 2.45) is 0 Å². The number of aliphatic carboxylic acids is 1. The second kappa shape index (κ2) is 21.4. The minimum absolute atomic E-state index is 0.0811. The molecule has 2 N–H and O–H groups in total. The molecule has 0 aliphatic heterocycles. The maximum Gasteiger partial charge on any atom is 0.305 e. The van der Waals surface area contributed by atoms with Gasteiger partial charge in [-0.3, -0.25) is 9.59 Å². The van der Waals surface area contributed by atoms with Gasteiger partial charge in [-0.25, -0.2) is 0 Å². The molecule has 28 heavy (non-hydrogen) atoms. The number of hydrogen-bond acceptors (Lipinski definition) is 4. The molecule has 0 fully saturated rings. The lowest BCUT2D eigenvalue weighted by molar-refractivity contribution is -0.143. The van der Waals surface area contributed by atoms with Crippen molar-refractivity contribution >= 4 is 11.9 Å². The second-order valence-electron chi connectivity index (χ2n) is 6.71. The van der Waals surface area contributed by atoms with E-state index >= 15 is 0 Å². The Kier molecular flexibility index (Phi) is 20.0. The van der Waals surface area contributed by atoms with Gasteiger partial charge in [-0.15, -0.1) is 0 Å². The number of carbonyl (C=O) groups excluding carboxylic acids is 1. The number of unbranched alkanes of at least 4 members (excludes halogenated alkanes) is 5. The summed E-state index contributed by atoms with van der Waals surface area (Å²) in [6.45, 7) is 3.34. The lowest BCUT2D eigenvalue weighted by Crippen LogP contribution is -2.23. The summed E-state index contributed by atoms with van der Waals surface area (Å²) in [4.78, 5) is 21.9. The molecule has 5 nitrogen and oxygen atoms in total. The Bertz CT molecular complexity index is 469. The van der Waals surface area contributed by atoms with E-state index in [1.165, 1.54) is 12.8 Å². The normalized spacial score (nSPS) is 11.8. The molecule has 0 atom stereocenters. The van der Waals surface area contributed by atoms with Crippen molar-refractivity contribution in [3.63, 3.8) is 0 Å². The molecule has 5 heteroatoms. The van der Waals surface area contributed by atoms with Crippen LogP contribution in [0.3, 0.4) is 0 Å². The van der Waals surface area contributed by atoms with E-state index in [9.17, 15) is 9.59 Å². The number of esters is 1. The Morgan fingerprint density at radius 2 is 1.46 bits per heavy atom. The predicted molar refractivity (Wildman–Crippen MR) is 115 cm³/mol. The molecule has 0 aliphatic carbocycles. The number of carbonyl (C=O) groups is 2. The van der Waals surface area contributed by atoms with Gasteiger partial charge in [0.1, 0.15) is 6.61 Å². The summed E-state index contributed by atoms with van der Waals surface area (Å²) in [5.41, 5.74) is 0. The molecule has 0 rings (SSSR count). The molecule has 0 aromatic rings. The van der Waals surface area contributed by atoms with Gasteiger partial charge in [-0.1, -0.05) is 62.6 Å². The maximum absolute atomic E-state index is 11.6. The molecule has 0 heterocycles. The molecule has 0 saturated carbocycles. The third kappa shape index (κ3) is 22.2. The quantitative estimate of drug-likeness (QED) is 0.180. The van der Waals surface area contributed by atoms with Crippen LogP contribution in [0.4, 0.5) is 0 Å². The Morgan fingerprint density at radius 1 is 0.821 bits per heavy atom. The van der Waals surface area contributed by atoms with Gasteiger partial charge < -0.3 is 15.2 Å². The Balaban J connectivity index is 3.31. The zero-order valence-electron chi connectivity index (χ0n) is 17.5. The summed E-state index contributed by atoms with van der Waals surface area (Å²) in [6, 6.07) is 0. The molecule has 0 aromatic heterocycles. The number of carboxylic acid groups (broad SMARTS) is 1. The zero-order valence-corrected chi connectivity index (χ0v) is 17.5. The van der Waals surface area contributed by atoms with Crippen molar-refractivity contribution in [1.82, 2.24) is 5.32 Å². The highest BCUT2D eigenvalue weighted by atomic mass is 16.5. The molecule has 0 aliphatic rings. The third-order valence-electron chi connectivity index (χ3n) is 4.09. The molecular formula is C23H39NO4. The Morgan fingerprint density at radius 3 is 2.18 bits per heavy atom. The first-order chi connectivity index (χ1) is 13.7. The zero-order chi connectivity index (χ0) is 20.7. The number of allylic oxidation sites excluding steroid dienone is 6. The van der Waals surface area contributed by atoms with Crippen molar-refractivity contribution in [2.45, 2.75) is 77.6 Å². The number of ether oxygens (including phenoxy) is 1. The monoisotopic (exact) mass is 393 g/mol. The smallest absolute Gasteiger partial charge is 0.305 e. The fourth-order valence-electron chi connectivity index (χ4n) is 2.52. The van der Waals surface area contributed by atoms with Gasteiger partial charge in [0, 0.05) is 19.5 Å². The molecular weight excluding hydrogens is 354 g/mol. The minimum Gasteiger partial charge on any atom is -0.481 e. The van der Waals surface area contributed by atoms with Gasteiger partial charge in [-0.2, -0.15) is 0 Å². The summed E-state index contributed by atoms with van der Waals surface area (Å²) >= 11 is 0. The van der Waals surface area contributed by atoms with E-state index in [0.717, 1.165) is 44.9 Å². The average Bonchev–Trinajstić information content (AvgIpc) is 2.67. The first kappa shape index (κ1) is 26.1. The van der Waals surface area contributed by atoms with E-state index in [0.29, 0.717) is 26.1 Å². The average molecular weight is 394 g/mol. The summed E-state index contributed by atoms with van der Waals surface area (Å²) < 4.78 is 5.10. The third-order valence-corrected chi connectivity index (χ3v) is 4.09. The topological polar surface area (TPSA) is 75.6 Å². The van der Waals surface area contributed by atoms with E-state index in [1.54, 1.807) is 0 Å². The van der Waals surface area contributed by atoms with Crippen molar-refractivity contribution in [3.05, 3.63) is 36.5 Å². The number of rotatable bonds is 19. The van der Waals surface area contributed by atoms with Crippen molar-refractivity contribution < 1.29 is 19.4 Å². The van der Waals surface area contributed by atoms with E-state index < -0.39 is 5.97 Å². The van der Waals surface area contributed by atoms with Crippen LogP contribution < -0.4 is 5.32 Å². The van der Waals surface area contributed by atoms with Gasteiger partial charge in [0.2, 0.25) is 0 Å². The fraction of sp³-hybridized carbons (Fsp3) is 0.652. The van der Waals surface area contributed by atoms with Gasteiger partial charge in [0.25, 0.3) is 0 Å². The van der Waals surface area contributed by atoms with Crippen molar-refractivity contribution in [1.29, 1.82) is 0 Å².